The van der Waals surface area contributed by atoms with Crippen LogP contribution in [0.3, 0.4) is 0 Å². The first-order valence-electron chi connectivity index (χ1n) is 5.36. The predicted octanol–water partition coefficient (Wildman–Crippen LogP) is -1.14. The SMILES string of the molecule is CCCNC(=O)CNC1CC(=O)N(C)C1=O. The maximum absolute atomic E-state index is 11.5. The molecular formula is C10H17N3O3. The van der Waals surface area contributed by atoms with Gasteiger partial charge >= 0.3 is 0 Å². The van der Waals surface area contributed by atoms with Crippen molar-refractivity contribution in [1.29, 1.82) is 0 Å². The second-order valence-electron chi connectivity index (χ2n) is 3.78. The normalized spacial score (nSPS) is 20.4. The lowest BCUT2D eigenvalue weighted by Crippen LogP contribution is -2.43. The van der Waals surface area contributed by atoms with E-state index in [0.717, 1.165) is 11.3 Å². The van der Waals surface area contributed by atoms with Crippen LogP contribution in [0.5, 0.6) is 0 Å². The Hall–Kier alpha value is -1.43. The second-order valence-corrected chi connectivity index (χ2v) is 3.78. The molecule has 6 nitrogen and oxygen atoms in total. The van der Waals surface area contributed by atoms with Gasteiger partial charge in [0.15, 0.2) is 0 Å². The van der Waals surface area contributed by atoms with E-state index in [0.29, 0.717) is 6.54 Å². The molecule has 3 amide bonds. The van der Waals surface area contributed by atoms with Crippen LogP contribution >= 0.6 is 0 Å². The van der Waals surface area contributed by atoms with Gasteiger partial charge in [-0.3, -0.25) is 24.6 Å². The van der Waals surface area contributed by atoms with Crippen LogP contribution in [0.4, 0.5) is 0 Å². The number of nitrogens with one attached hydrogen (secondary N) is 2. The molecule has 0 radical (unpaired) electrons. The van der Waals surface area contributed by atoms with Crippen molar-refractivity contribution in [2.24, 2.45) is 0 Å². The van der Waals surface area contributed by atoms with Crippen LogP contribution in [0.25, 0.3) is 0 Å². The van der Waals surface area contributed by atoms with Crippen molar-refractivity contribution in [3.63, 3.8) is 0 Å². The molecule has 1 saturated heterocycles. The third-order valence-corrected chi connectivity index (χ3v) is 2.46. The minimum Gasteiger partial charge on any atom is -0.355 e. The Morgan fingerprint density at radius 1 is 1.50 bits per heavy atom. The van der Waals surface area contributed by atoms with Gasteiger partial charge in [-0.1, -0.05) is 6.92 Å². The largest absolute Gasteiger partial charge is 0.355 e. The van der Waals surface area contributed by atoms with E-state index in [-0.39, 0.29) is 30.7 Å². The molecule has 16 heavy (non-hydrogen) atoms. The maximum Gasteiger partial charge on any atom is 0.246 e. The first kappa shape index (κ1) is 12.6. The first-order valence-corrected chi connectivity index (χ1v) is 5.36. The highest BCUT2D eigenvalue weighted by atomic mass is 16.2. The lowest BCUT2D eigenvalue weighted by Gasteiger charge is -2.10. The van der Waals surface area contributed by atoms with Gasteiger partial charge in [0.2, 0.25) is 17.7 Å². The number of imide groups is 1. The summed E-state index contributed by atoms with van der Waals surface area (Å²) in [7, 11) is 1.45. The maximum atomic E-state index is 11.5. The quantitative estimate of drug-likeness (QED) is 0.582. The molecule has 1 heterocycles. The van der Waals surface area contributed by atoms with Gasteiger partial charge < -0.3 is 5.32 Å². The van der Waals surface area contributed by atoms with Crippen LogP contribution in [0.2, 0.25) is 0 Å². The number of carbonyl (C=O) groups is 3. The van der Waals surface area contributed by atoms with E-state index >= 15 is 0 Å². The second kappa shape index (κ2) is 5.60. The third-order valence-electron chi connectivity index (χ3n) is 2.46. The van der Waals surface area contributed by atoms with Crippen molar-refractivity contribution in [1.82, 2.24) is 15.5 Å². The summed E-state index contributed by atoms with van der Waals surface area (Å²) >= 11 is 0. The van der Waals surface area contributed by atoms with Gasteiger partial charge in [0.25, 0.3) is 0 Å². The number of likely N-dealkylation sites (N-methyl/N-ethyl adjacent to an activating group) is 1. The summed E-state index contributed by atoms with van der Waals surface area (Å²) in [4.78, 5) is 35.0. The van der Waals surface area contributed by atoms with Crippen molar-refractivity contribution in [3.8, 4) is 0 Å². The highest BCUT2D eigenvalue weighted by molar-refractivity contribution is 6.05. The zero-order valence-corrected chi connectivity index (χ0v) is 9.58. The minimum absolute atomic E-state index is 0.0670. The van der Waals surface area contributed by atoms with Gasteiger partial charge in [-0.05, 0) is 6.42 Å². The van der Waals surface area contributed by atoms with E-state index in [1.165, 1.54) is 7.05 Å². The molecule has 0 aliphatic carbocycles. The fraction of sp³-hybridized carbons (Fsp3) is 0.700. The van der Waals surface area contributed by atoms with Crippen LogP contribution in [0, 0.1) is 0 Å². The average Bonchev–Trinajstić information content (AvgIpc) is 2.51. The molecule has 0 aromatic heterocycles. The Balaban J connectivity index is 2.31. The van der Waals surface area contributed by atoms with E-state index in [9.17, 15) is 14.4 Å². The monoisotopic (exact) mass is 227 g/mol. The van der Waals surface area contributed by atoms with Crippen LogP contribution in [-0.4, -0.2) is 48.8 Å². The summed E-state index contributed by atoms with van der Waals surface area (Å²) in [6, 6.07) is -0.551. The summed E-state index contributed by atoms with van der Waals surface area (Å²) in [6.07, 6.45) is 1.01. The molecule has 90 valence electrons. The smallest absolute Gasteiger partial charge is 0.246 e. The van der Waals surface area contributed by atoms with Crippen LogP contribution < -0.4 is 10.6 Å². The predicted molar refractivity (Wildman–Crippen MR) is 57.5 cm³/mol. The van der Waals surface area contributed by atoms with Crippen molar-refractivity contribution < 1.29 is 14.4 Å². The molecule has 1 aliphatic heterocycles. The Bertz CT molecular complexity index is 304. The van der Waals surface area contributed by atoms with E-state index < -0.39 is 6.04 Å². The van der Waals surface area contributed by atoms with Gasteiger partial charge in [-0.2, -0.15) is 0 Å². The number of amides is 3. The highest BCUT2D eigenvalue weighted by Crippen LogP contribution is 2.09. The molecule has 0 saturated carbocycles. The molecule has 0 spiro atoms. The molecule has 1 unspecified atom stereocenters. The standard InChI is InChI=1S/C10H17N3O3/c1-3-4-11-8(14)6-12-7-5-9(15)13(2)10(7)16/h7,12H,3-6H2,1-2H3,(H,11,14). The van der Waals surface area contributed by atoms with Crippen molar-refractivity contribution in [3.05, 3.63) is 0 Å². The molecular weight excluding hydrogens is 210 g/mol. The summed E-state index contributed by atoms with van der Waals surface area (Å²) in [6.45, 7) is 2.65. The van der Waals surface area contributed by atoms with Gasteiger partial charge in [-0.15, -0.1) is 0 Å². The topological polar surface area (TPSA) is 78.5 Å². The Labute approximate surface area is 94.4 Å². The number of nitrogens with zero attached hydrogens (tertiary/aromatic N) is 1. The third kappa shape index (κ3) is 3.03. The Kier molecular flexibility index (Phi) is 4.42. The van der Waals surface area contributed by atoms with Gasteiger partial charge in [0.1, 0.15) is 0 Å². The molecule has 1 aliphatic rings. The number of hydrogen-bond donors (Lipinski definition) is 2. The van der Waals surface area contributed by atoms with Crippen molar-refractivity contribution in [2.75, 3.05) is 20.1 Å². The summed E-state index contributed by atoms with van der Waals surface area (Å²) in [5.41, 5.74) is 0. The molecule has 1 atom stereocenters. The molecule has 0 bridgehead atoms. The van der Waals surface area contributed by atoms with Gasteiger partial charge in [0.05, 0.1) is 19.0 Å². The molecule has 0 aromatic rings. The van der Waals surface area contributed by atoms with E-state index in [1.807, 2.05) is 6.92 Å². The molecule has 0 aromatic carbocycles. The molecule has 1 fully saturated rings. The fourth-order valence-corrected chi connectivity index (χ4v) is 1.46. The number of carbonyl (C=O) groups excluding carboxylic acids is 3. The van der Waals surface area contributed by atoms with Crippen LogP contribution in [-0.2, 0) is 14.4 Å². The summed E-state index contributed by atoms with van der Waals surface area (Å²) < 4.78 is 0. The Morgan fingerprint density at radius 3 is 2.69 bits per heavy atom. The molecule has 1 rings (SSSR count). The number of rotatable bonds is 5. The lowest BCUT2D eigenvalue weighted by molar-refractivity contribution is -0.137. The van der Waals surface area contributed by atoms with Gasteiger partial charge in [-0.25, -0.2) is 0 Å². The van der Waals surface area contributed by atoms with Gasteiger partial charge in [0, 0.05) is 13.6 Å². The zero-order valence-electron chi connectivity index (χ0n) is 9.58. The van der Waals surface area contributed by atoms with Crippen molar-refractivity contribution >= 4 is 17.7 Å². The average molecular weight is 227 g/mol. The fourth-order valence-electron chi connectivity index (χ4n) is 1.46. The minimum atomic E-state index is -0.551. The van der Waals surface area contributed by atoms with E-state index in [2.05, 4.69) is 10.6 Å². The molecule has 6 heteroatoms. The molecule has 2 N–H and O–H groups in total. The summed E-state index contributed by atoms with van der Waals surface area (Å²) in [5.74, 6) is -0.638. The Morgan fingerprint density at radius 2 is 2.19 bits per heavy atom. The van der Waals surface area contributed by atoms with Crippen molar-refractivity contribution in [2.45, 2.75) is 25.8 Å². The van der Waals surface area contributed by atoms with Crippen LogP contribution in [0.1, 0.15) is 19.8 Å². The zero-order chi connectivity index (χ0) is 12.1. The highest BCUT2D eigenvalue weighted by Gasteiger charge is 2.35. The van der Waals surface area contributed by atoms with E-state index in [1.54, 1.807) is 0 Å². The summed E-state index contributed by atoms with van der Waals surface area (Å²) in [5, 5.41) is 5.46. The van der Waals surface area contributed by atoms with E-state index in [4.69, 9.17) is 0 Å². The van der Waals surface area contributed by atoms with Crippen LogP contribution in [0.15, 0.2) is 0 Å². The number of hydrogen-bond acceptors (Lipinski definition) is 4. The number of likely N-dealkylation sites (tertiary alicyclic amines) is 1. The first-order chi connectivity index (χ1) is 7.56. The lowest BCUT2D eigenvalue weighted by atomic mass is 10.2.